The minimum atomic E-state index is 0.209. The van der Waals surface area contributed by atoms with E-state index >= 15 is 0 Å². The number of nitrogens with one attached hydrogen (secondary N) is 1. The Bertz CT molecular complexity index is 454. The van der Waals surface area contributed by atoms with Crippen LogP contribution in [0, 0.1) is 0 Å². The van der Waals surface area contributed by atoms with Crippen molar-refractivity contribution in [3.8, 4) is 0 Å². The van der Waals surface area contributed by atoms with E-state index in [2.05, 4.69) is 47.6 Å². The maximum atomic E-state index is 6.27. The SMILES string of the molecule is CSC1(CNC2CC(N)c3ccccc32)CCCCC1. The first-order valence-corrected chi connectivity index (χ1v) is 9.09. The molecule has 3 N–H and O–H groups in total. The van der Waals surface area contributed by atoms with E-state index in [1.165, 1.54) is 43.2 Å². The lowest BCUT2D eigenvalue weighted by Crippen LogP contribution is -2.40. The summed E-state index contributed by atoms with van der Waals surface area (Å²) in [6, 6.07) is 9.33. The van der Waals surface area contributed by atoms with E-state index in [-0.39, 0.29) is 6.04 Å². The third kappa shape index (κ3) is 2.76. The molecular formula is C17H26N2S. The van der Waals surface area contributed by atoms with Crippen molar-refractivity contribution in [3.05, 3.63) is 35.4 Å². The average Bonchev–Trinajstić information content (AvgIpc) is 2.83. The van der Waals surface area contributed by atoms with Gasteiger partial charge in [0.1, 0.15) is 0 Å². The fraction of sp³-hybridized carbons (Fsp3) is 0.647. The summed E-state index contributed by atoms with van der Waals surface area (Å²) in [4.78, 5) is 0. The van der Waals surface area contributed by atoms with Crippen LogP contribution in [-0.2, 0) is 0 Å². The normalized spacial score (nSPS) is 28.3. The molecule has 110 valence electrons. The highest BCUT2D eigenvalue weighted by Crippen LogP contribution is 2.41. The Balaban J connectivity index is 1.67. The van der Waals surface area contributed by atoms with Crippen molar-refractivity contribution in [2.45, 2.75) is 55.4 Å². The second kappa shape index (κ2) is 6.08. The molecule has 2 atom stereocenters. The van der Waals surface area contributed by atoms with Crippen molar-refractivity contribution >= 4 is 11.8 Å². The molecular weight excluding hydrogens is 264 g/mol. The van der Waals surface area contributed by atoms with Crippen molar-refractivity contribution in [1.29, 1.82) is 0 Å². The molecule has 0 saturated heterocycles. The lowest BCUT2D eigenvalue weighted by Gasteiger charge is -2.37. The van der Waals surface area contributed by atoms with Gasteiger partial charge < -0.3 is 11.1 Å². The Morgan fingerprint density at radius 2 is 1.90 bits per heavy atom. The van der Waals surface area contributed by atoms with Gasteiger partial charge in [0.25, 0.3) is 0 Å². The van der Waals surface area contributed by atoms with Crippen molar-refractivity contribution in [1.82, 2.24) is 5.32 Å². The highest BCUT2D eigenvalue weighted by atomic mass is 32.2. The molecule has 0 amide bonds. The third-order valence-electron chi connectivity index (χ3n) is 5.13. The van der Waals surface area contributed by atoms with Gasteiger partial charge in [-0.1, -0.05) is 43.5 Å². The molecule has 2 aliphatic carbocycles. The lowest BCUT2D eigenvalue weighted by molar-refractivity contribution is 0.359. The second-order valence-corrected chi connectivity index (χ2v) is 7.63. The van der Waals surface area contributed by atoms with Gasteiger partial charge in [-0.3, -0.25) is 0 Å². The summed E-state index contributed by atoms with van der Waals surface area (Å²) in [6.45, 7) is 1.12. The van der Waals surface area contributed by atoms with E-state index < -0.39 is 0 Å². The molecule has 0 aromatic heterocycles. The van der Waals surface area contributed by atoms with Crippen LogP contribution in [0.1, 0.15) is 61.7 Å². The van der Waals surface area contributed by atoms with E-state index in [0.29, 0.717) is 10.8 Å². The van der Waals surface area contributed by atoms with Crippen LogP contribution >= 0.6 is 11.8 Å². The van der Waals surface area contributed by atoms with Crippen LogP contribution in [0.2, 0.25) is 0 Å². The fourth-order valence-corrected chi connectivity index (χ4v) is 4.75. The van der Waals surface area contributed by atoms with E-state index in [1.807, 2.05) is 0 Å². The minimum absolute atomic E-state index is 0.209. The van der Waals surface area contributed by atoms with Crippen LogP contribution in [0.15, 0.2) is 24.3 Å². The van der Waals surface area contributed by atoms with Gasteiger partial charge >= 0.3 is 0 Å². The second-order valence-electron chi connectivity index (χ2n) is 6.35. The van der Waals surface area contributed by atoms with Crippen LogP contribution < -0.4 is 11.1 Å². The molecule has 0 radical (unpaired) electrons. The molecule has 2 nitrogen and oxygen atoms in total. The summed E-state index contributed by atoms with van der Waals surface area (Å²) in [5.41, 5.74) is 9.03. The van der Waals surface area contributed by atoms with Crippen molar-refractivity contribution in [2.24, 2.45) is 5.73 Å². The molecule has 2 aliphatic rings. The zero-order valence-electron chi connectivity index (χ0n) is 12.4. The zero-order chi connectivity index (χ0) is 14.0. The van der Waals surface area contributed by atoms with Crippen LogP contribution in [0.4, 0.5) is 0 Å². The Kier molecular flexibility index (Phi) is 4.39. The smallest absolute Gasteiger partial charge is 0.0342 e. The maximum absolute atomic E-state index is 6.27. The Morgan fingerprint density at radius 1 is 1.20 bits per heavy atom. The summed E-state index contributed by atoms with van der Waals surface area (Å²) >= 11 is 2.06. The fourth-order valence-electron chi connectivity index (χ4n) is 3.83. The molecule has 20 heavy (non-hydrogen) atoms. The third-order valence-corrected chi connectivity index (χ3v) is 6.55. The summed E-state index contributed by atoms with van der Waals surface area (Å²) in [7, 11) is 0. The van der Waals surface area contributed by atoms with E-state index in [4.69, 9.17) is 5.73 Å². The molecule has 0 spiro atoms. The zero-order valence-corrected chi connectivity index (χ0v) is 13.2. The van der Waals surface area contributed by atoms with Crippen LogP contribution in [0.5, 0.6) is 0 Å². The van der Waals surface area contributed by atoms with Gasteiger partial charge in [-0.2, -0.15) is 11.8 Å². The molecule has 1 fully saturated rings. The van der Waals surface area contributed by atoms with Gasteiger partial charge in [-0.05, 0) is 36.6 Å². The van der Waals surface area contributed by atoms with Gasteiger partial charge in [-0.15, -0.1) is 0 Å². The average molecular weight is 290 g/mol. The quantitative estimate of drug-likeness (QED) is 0.886. The van der Waals surface area contributed by atoms with Crippen LogP contribution in [0.25, 0.3) is 0 Å². The Hall–Kier alpha value is -0.510. The number of fused-ring (bicyclic) bond motifs is 1. The van der Waals surface area contributed by atoms with E-state index in [0.717, 1.165) is 13.0 Å². The molecule has 2 unspecified atom stereocenters. The highest BCUT2D eigenvalue weighted by molar-refractivity contribution is 8.00. The number of hydrogen-bond acceptors (Lipinski definition) is 3. The first-order chi connectivity index (χ1) is 9.74. The lowest BCUT2D eigenvalue weighted by atomic mass is 9.88. The number of rotatable bonds is 4. The monoisotopic (exact) mass is 290 g/mol. The first kappa shape index (κ1) is 14.4. The van der Waals surface area contributed by atoms with Gasteiger partial charge in [0.05, 0.1) is 0 Å². The van der Waals surface area contributed by atoms with Crippen molar-refractivity contribution in [3.63, 3.8) is 0 Å². The highest BCUT2D eigenvalue weighted by Gasteiger charge is 2.34. The predicted molar refractivity (Wildman–Crippen MR) is 88.1 cm³/mol. The minimum Gasteiger partial charge on any atom is -0.324 e. The standard InChI is InChI=1S/C17H26N2S/c1-20-17(9-5-2-6-10-17)12-19-16-11-15(18)13-7-3-4-8-14(13)16/h3-4,7-8,15-16,19H,2,5-6,9-12,18H2,1H3. The summed E-state index contributed by atoms with van der Waals surface area (Å²) in [5, 5.41) is 3.83. The van der Waals surface area contributed by atoms with E-state index in [1.54, 1.807) is 0 Å². The van der Waals surface area contributed by atoms with Gasteiger partial charge in [0.15, 0.2) is 0 Å². The molecule has 1 aromatic carbocycles. The molecule has 0 aliphatic heterocycles. The van der Waals surface area contributed by atoms with Crippen LogP contribution in [-0.4, -0.2) is 17.5 Å². The van der Waals surface area contributed by atoms with Gasteiger partial charge in [0, 0.05) is 23.4 Å². The van der Waals surface area contributed by atoms with Crippen molar-refractivity contribution in [2.75, 3.05) is 12.8 Å². The van der Waals surface area contributed by atoms with Crippen LogP contribution in [0.3, 0.4) is 0 Å². The van der Waals surface area contributed by atoms with Gasteiger partial charge in [0.2, 0.25) is 0 Å². The number of hydrogen-bond donors (Lipinski definition) is 2. The number of thioether (sulfide) groups is 1. The molecule has 3 heteroatoms. The van der Waals surface area contributed by atoms with E-state index in [9.17, 15) is 0 Å². The van der Waals surface area contributed by atoms with Gasteiger partial charge in [-0.25, -0.2) is 0 Å². The number of nitrogens with two attached hydrogens (primary N) is 1. The predicted octanol–water partition coefficient (Wildman–Crippen LogP) is 3.79. The molecule has 0 heterocycles. The largest absolute Gasteiger partial charge is 0.324 e. The molecule has 1 aromatic rings. The Morgan fingerprint density at radius 3 is 2.60 bits per heavy atom. The Labute approximate surface area is 126 Å². The summed E-state index contributed by atoms with van der Waals surface area (Å²) < 4.78 is 0.458. The number of benzene rings is 1. The molecule has 3 rings (SSSR count). The molecule has 1 saturated carbocycles. The maximum Gasteiger partial charge on any atom is 0.0342 e. The summed E-state index contributed by atoms with van der Waals surface area (Å²) in [6.07, 6.45) is 10.3. The topological polar surface area (TPSA) is 38.0 Å². The molecule has 0 bridgehead atoms. The van der Waals surface area contributed by atoms with Crippen molar-refractivity contribution < 1.29 is 0 Å². The first-order valence-electron chi connectivity index (χ1n) is 7.87. The summed E-state index contributed by atoms with van der Waals surface area (Å²) in [5.74, 6) is 0.